The zero-order valence-electron chi connectivity index (χ0n) is 19.7. The Bertz CT molecular complexity index is 1040. The minimum atomic E-state index is -0.221. The Balaban J connectivity index is 1.56. The molecule has 1 heterocycles. The number of amides is 2. The highest BCUT2D eigenvalue weighted by atomic mass is 16.5. The van der Waals surface area contributed by atoms with Gasteiger partial charge in [0.15, 0.2) is 0 Å². The molecule has 32 heavy (non-hydrogen) atoms. The molecule has 0 bridgehead atoms. The Hall–Kier alpha value is -3.28. The summed E-state index contributed by atoms with van der Waals surface area (Å²) in [5.41, 5.74) is 4.98. The highest BCUT2D eigenvalue weighted by Gasteiger charge is 2.15. The molecule has 1 aromatic heterocycles. The highest BCUT2D eigenvalue weighted by molar-refractivity contribution is 5.91. The molecular weight excluding hydrogens is 400 g/mol. The van der Waals surface area contributed by atoms with E-state index in [4.69, 9.17) is 4.74 Å². The van der Waals surface area contributed by atoms with Crippen LogP contribution in [0.25, 0.3) is 11.3 Å². The fourth-order valence-corrected chi connectivity index (χ4v) is 3.39. The molecule has 0 unspecified atom stereocenters. The van der Waals surface area contributed by atoms with Crippen molar-refractivity contribution >= 4 is 11.7 Å². The Kier molecular flexibility index (Phi) is 7.57. The van der Waals surface area contributed by atoms with Gasteiger partial charge in [0, 0.05) is 24.3 Å². The highest BCUT2D eigenvalue weighted by Crippen LogP contribution is 2.28. The molecule has 0 aliphatic rings. The predicted molar refractivity (Wildman–Crippen MR) is 130 cm³/mol. The predicted octanol–water partition coefficient (Wildman–Crippen LogP) is 5.80. The monoisotopic (exact) mass is 434 g/mol. The van der Waals surface area contributed by atoms with E-state index >= 15 is 0 Å². The number of aromatic nitrogens is 2. The standard InChI is InChI=1S/C26H34N4O2/c1-19-11-9-14-22(23(19)29-25(31)27-17-26(3,4)5)32-16-10-15-30-18-28-24(20(30)2)21-12-7-6-8-13-21/h6-9,11-14,18H,10,15-17H2,1-5H3,(H2,27,29,31). The average molecular weight is 435 g/mol. The van der Waals surface area contributed by atoms with Crippen molar-refractivity contribution in [3.63, 3.8) is 0 Å². The summed E-state index contributed by atoms with van der Waals surface area (Å²) in [4.78, 5) is 16.9. The van der Waals surface area contributed by atoms with Crippen LogP contribution in [-0.2, 0) is 6.54 Å². The lowest BCUT2D eigenvalue weighted by atomic mass is 9.97. The third kappa shape index (κ3) is 6.36. The topological polar surface area (TPSA) is 68.2 Å². The number of anilines is 1. The van der Waals surface area contributed by atoms with E-state index in [1.165, 1.54) is 0 Å². The second-order valence-corrected chi connectivity index (χ2v) is 9.26. The van der Waals surface area contributed by atoms with Crippen LogP contribution in [0.2, 0.25) is 0 Å². The zero-order valence-corrected chi connectivity index (χ0v) is 19.7. The number of hydrogen-bond acceptors (Lipinski definition) is 3. The number of urea groups is 1. The van der Waals surface area contributed by atoms with Gasteiger partial charge in [-0.3, -0.25) is 0 Å². The zero-order chi connectivity index (χ0) is 23.1. The van der Waals surface area contributed by atoms with Crippen molar-refractivity contribution in [2.45, 2.75) is 47.6 Å². The van der Waals surface area contributed by atoms with Crippen molar-refractivity contribution in [1.29, 1.82) is 0 Å². The first-order chi connectivity index (χ1) is 15.2. The van der Waals surface area contributed by atoms with Gasteiger partial charge in [-0.25, -0.2) is 9.78 Å². The van der Waals surface area contributed by atoms with Crippen molar-refractivity contribution in [3.8, 4) is 17.0 Å². The van der Waals surface area contributed by atoms with Crippen LogP contribution in [0.3, 0.4) is 0 Å². The normalized spacial score (nSPS) is 11.3. The van der Waals surface area contributed by atoms with Crippen LogP contribution in [0.4, 0.5) is 10.5 Å². The lowest BCUT2D eigenvalue weighted by Crippen LogP contribution is -2.35. The third-order valence-corrected chi connectivity index (χ3v) is 5.20. The van der Waals surface area contributed by atoms with Gasteiger partial charge >= 0.3 is 6.03 Å². The molecule has 6 heteroatoms. The quantitative estimate of drug-likeness (QED) is 0.440. The number of imidazole rings is 1. The molecule has 2 N–H and O–H groups in total. The third-order valence-electron chi connectivity index (χ3n) is 5.20. The molecule has 0 atom stereocenters. The van der Waals surface area contributed by atoms with Crippen molar-refractivity contribution in [1.82, 2.24) is 14.9 Å². The van der Waals surface area contributed by atoms with E-state index in [2.05, 4.69) is 60.0 Å². The maximum Gasteiger partial charge on any atom is 0.319 e. The van der Waals surface area contributed by atoms with E-state index in [0.717, 1.165) is 35.5 Å². The van der Waals surface area contributed by atoms with Gasteiger partial charge in [-0.1, -0.05) is 63.2 Å². The SMILES string of the molecule is Cc1cccc(OCCCn2cnc(-c3ccccc3)c2C)c1NC(=O)NCC(C)(C)C. The average Bonchev–Trinajstić information content (AvgIpc) is 3.12. The van der Waals surface area contributed by atoms with E-state index in [-0.39, 0.29) is 11.4 Å². The molecular formula is C26H34N4O2. The summed E-state index contributed by atoms with van der Waals surface area (Å²) < 4.78 is 8.19. The molecule has 170 valence electrons. The Morgan fingerprint density at radius 1 is 1.06 bits per heavy atom. The van der Waals surface area contributed by atoms with Gasteiger partial charge in [-0.15, -0.1) is 0 Å². The number of rotatable bonds is 8. The van der Waals surface area contributed by atoms with Crippen LogP contribution in [0.1, 0.15) is 38.4 Å². The largest absolute Gasteiger partial charge is 0.491 e. The number of hydrogen-bond donors (Lipinski definition) is 2. The van der Waals surface area contributed by atoms with E-state index in [9.17, 15) is 4.79 Å². The molecule has 0 spiro atoms. The van der Waals surface area contributed by atoms with E-state index in [1.54, 1.807) is 0 Å². The summed E-state index contributed by atoms with van der Waals surface area (Å²) in [7, 11) is 0. The second kappa shape index (κ2) is 10.4. The lowest BCUT2D eigenvalue weighted by molar-refractivity contribution is 0.246. The maximum atomic E-state index is 12.3. The summed E-state index contributed by atoms with van der Waals surface area (Å²) in [5, 5.41) is 5.87. The molecule has 0 radical (unpaired) electrons. The molecule has 0 saturated carbocycles. The number of carbonyl (C=O) groups is 1. The number of carbonyl (C=O) groups excluding carboxylic acids is 1. The van der Waals surface area contributed by atoms with Gasteiger partial charge in [-0.2, -0.15) is 0 Å². The van der Waals surface area contributed by atoms with E-state index in [0.29, 0.717) is 24.6 Å². The van der Waals surface area contributed by atoms with Crippen LogP contribution >= 0.6 is 0 Å². The van der Waals surface area contributed by atoms with Crippen molar-refractivity contribution in [3.05, 3.63) is 66.1 Å². The minimum Gasteiger partial charge on any atom is -0.491 e. The minimum absolute atomic E-state index is 0.0221. The van der Waals surface area contributed by atoms with Crippen molar-refractivity contribution in [2.75, 3.05) is 18.5 Å². The number of nitrogens with one attached hydrogen (secondary N) is 2. The van der Waals surface area contributed by atoms with Gasteiger partial charge in [0.1, 0.15) is 5.75 Å². The number of benzene rings is 2. The van der Waals surface area contributed by atoms with Crippen LogP contribution in [0.5, 0.6) is 5.75 Å². The summed E-state index contributed by atoms with van der Waals surface area (Å²) in [6.45, 7) is 12.3. The van der Waals surface area contributed by atoms with Gasteiger partial charge in [0.2, 0.25) is 0 Å². The van der Waals surface area contributed by atoms with Gasteiger partial charge in [0.25, 0.3) is 0 Å². The van der Waals surface area contributed by atoms with Crippen LogP contribution in [0.15, 0.2) is 54.9 Å². The first-order valence-electron chi connectivity index (χ1n) is 11.1. The number of para-hydroxylation sites is 1. The number of ether oxygens (including phenoxy) is 1. The van der Waals surface area contributed by atoms with Crippen molar-refractivity contribution < 1.29 is 9.53 Å². The second-order valence-electron chi connectivity index (χ2n) is 9.26. The fourth-order valence-electron chi connectivity index (χ4n) is 3.39. The summed E-state index contributed by atoms with van der Waals surface area (Å²) in [6.07, 6.45) is 2.71. The van der Waals surface area contributed by atoms with Gasteiger partial charge in [0.05, 0.1) is 24.3 Å². The summed E-state index contributed by atoms with van der Waals surface area (Å²) in [6, 6.07) is 15.8. The first kappa shape index (κ1) is 23.4. The Labute approximate surface area is 191 Å². The molecule has 2 amide bonds. The maximum absolute atomic E-state index is 12.3. The van der Waals surface area contributed by atoms with Gasteiger partial charge in [-0.05, 0) is 37.3 Å². The smallest absolute Gasteiger partial charge is 0.319 e. The Morgan fingerprint density at radius 2 is 1.81 bits per heavy atom. The van der Waals surface area contributed by atoms with Crippen LogP contribution in [-0.4, -0.2) is 28.7 Å². The lowest BCUT2D eigenvalue weighted by Gasteiger charge is -2.20. The molecule has 3 aromatic rings. The van der Waals surface area contributed by atoms with E-state index in [1.807, 2.05) is 49.6 Å². The number of nitrogens with zero attached hydrogens (tertiary/aromatic N) is 2. The summed E-state index contributed by atoms with van der Waals surface area (Å²) in [5.74, 6) is 0.684. The number of aryl methyl sites for hydroxylation is 2. The van der Waals surface area contributed by atoms with Crippen LogP contribution < -0.4 is 15.4 Å². The molecule has 0 fully saturated rings. The van der Waals surface area contributed by atoms with E-state index < -0.39 is 0 Å². The molecule has 0 aliphatic heterocycles. The fraction of sp³-hybridized carbons (Fsp3) is 0.385. The Morgan fingerprint density at radius 3 is 2.53 bits per heavy atom. The molecule has 0 aliphatic carbocycles. The molecule has 3 rings (SSSR count). The first-order valence-corrected chi connectivity index (χ1v) is 11.1. The molecule has 0 saturated heterocycles. The van der Waals surface area contributed by atoms with Crippen LogP contribution in [0, 0.1) is 19.3 Å². The molecule has 2 aromatic carbocycles. The van der Waals surface area contributed by atoms with Gasteiger partial charge < -0.3 is 19.9 Å². The molecule has 6 nitrogen and oxygen atoms in total. The summed E-state index contributed by atoms with van der Waals surface area (Å²) >= 11 is 0. The van der Waals surface area contributed by atoms with Crippen molar-refractivity contribution in [2.24, 2.45) is 5.41 Å².